The van der Waals surface area contributed by atoms with E-state index in [0.29, 0.717) is 53.7 Å². The normalized spacial score (nSPS) is 22.6. The number of Topliss-reactive ketones (excluding diaryl/α,β-unsaturated/α-hetero) is 1. The summed E-state index contributed by atoms with van der Waals surface area (Å²) < 4.78 is 39.2. The Balaban J connectivity index is 1.17. The van der Waals surface area contributed by atoms with Gasteiger partial charge in [-0.25, -0.2) is 13.4 Å². The molecule has 8 nitrogen and oxygen atoms in total. The molecule has 0 saturated heterocycles. The molecule has 1 aromatic carbocycles. The summed E-state index contributed by atoms with van der Waals surface area (Å²) in [7, 11) is -3.49. The topological polar surface area (TPSA) is 111 Å². The molecule has 6 rings (SSSR count). The van der Waals surface area contributed by atoms with E-state index in [1.54, 1.807) is 6.20 Å². The van der Waals surface area contributed by atoms with Gasteiger partial charge in [0.2, 0.25) is 15.9 Å². The predicted molar refractivity (Wildman–Crippen MR) is 164 cm³/mol. The lowest BCUT2D eigenvalue weighted by molar-refractivity contribution is -0.121. The summed E-state index contributed by atoms with van der Waals surface area (Å²) in [6.07, 6.45) is 10.6. The zero-order valence-corrected chi connectivity index (χ0v) is 26.2. The second-order valence-corrected chi connectivity index (χ2v) is 15.2. The van der Waals surface area contributed by atoms with Gasteiger partial charge in [-0.1, -0.05) is 43.4 Å². The molecule has 1 atom stereocenters. The third-order valence-corrected chi connectivity index (χ3v) is 11.7. The minimum Gasteiger partial charge on any atom is -0.476 e. The molecule has 3 fully saturated rings. The number of sulfonamides is 1. The maximum atomic E-state index is 13.9. The number of hydrogen-bond donors (Lipinski definition) is 1. The van der Waals surface area contributed by atoms with Crippen LogP contribution in [0, 0.1) is 18.8 Å². The maximum absolute atomic E-state index is 13.9. The zero-order valence-electron chi connectivity index (χ0n) is 24.6. The van der Waals surface area contributed by atoms with Crippen LogP contribution in [0.25, 0.3) is 11.0 Å². The number of aryl methyl sites for hydroxylation is 1. The molecule has 2 aromatic heterocycles. The molecular weight excluding hydrogens is 574 g/mol. The Morgan fingerprint density at radius 3 is 2.55 bits per heavy atom. The Labute approximate surface area is 253 Å². The summed E-state index contributed by atoms with van der Waals surface area (Å²) in [6.45, 7) is 6.99. The first-order valence-electron chi connectivity index (χ1n) is 15.3. The van der Waals surface area contributed by atoms with Crippen LogP contribution in [0.3, 0.4) is 0 Å². The van der Waals surface area contributed by atoms with Gasteiger partial charge in [0.15, 0.2) is 11.4 Å². The van der Waals surface area contributed by atoms with E-state index in [2.05, 4.69) is 28.7 Å². The van der Waals surface area contributed by atoms with Crippen LogP contribution < -0.4 is 9.46 Å². The molecular formula is C32H40ClN3O5S. The standard InChI is InChI=1S/C32H40ClN3O5S/c1-4-22(23-14-27(33)31(34-17-23)40-18-21-7-5-19(2)6-8-21)15-29(37)32(11-12-32)26-16-25-28(13-20(26)3)41-35-30(25)36-42(38,39)24-9-10-24/h13-14,16-17,19,21-22,24H,4-12,15,18H2,1-3H3,(H,35,36). The highest BCUT2D eigenvalue weighted by Crippen LogP contribution is 2.53. The minimum atomic E-state index is -3.49. The van der Waals surface area contributed by atoms with Crippen molar-refractivity contribution in [1.82, 2.24) is 10.1 Å². The monoisotopic (exact) mass is 613 g/mol. The average molecular weight is 614 g/mol. The van der Waals surface area contributed by atoms with Crippen LogP contribution in [0.4, 0.5) is 5.82 Å². The molecule has 0 amide bonds. The van der Waals surface area contributed by atoms with Gasteiger partial charge < -0.3 is 9.26 Å². The highest BCUT2D eigenvalue weighted by atomic mass is 35.5. The first kappa shape index (κ1) is 29.4. The van der Waals surface area contributed by atoms with Gasteiger partial charge in [0.1, 0.15) is 10.8 Å². The predicted octanol–water partition coefficient (Wildman–Crippen LogP) is 7.48. The fraction of sp³-hybridized carbons (Fsp3) is 0.594. The number of aromatic nitrogens is 2. The number of rotatable bonds is 12. The fourth-order valence-corrected chi connectivity index (χ4v) is 8.04. The number of ketones is 1. The Morgan fingerprint density at radius 2 is 1.90 bits per heavy atom. The number of ether oxygens (including phenoxy) is 1. The van der Waals surface area contributed by atoms with Crippen molar-refractivity contribution in [2.24, 2.45) is 11.8 Å². The number of pyridine rings is 1. The Morgan fingerprint density at radius 1 is 1.17 bits per heavy atom. The van der Waals surface area contributed by atoms with Crippen molar-refractivity contribution in [2.45, 2.75) is 102 Å². The quantitative estimate of drug-likeness (QED) is 0.225. The van der Waals surface area contributed by atoms with Crippen LogP contribution in [0.5, 0.6) is 5.88 Å². The van der Waals surface area contributed by atoms with Gasteiger partial charge in [0.05, 0.1) is 22.7 Å². The number of halogens is 1. The molecule has 0 aliphatic heterocycles. The van der Waals surface area contributed by atoms with Crippen molar-refractivity contribution >= 4 is 44.2 Å². The van der Waals surface area contributed by atoms with Crippen molar-refractivity contribution in [1.29, 1.82) is 0 Å². The van der Waals surface area contributed by atoms with Crippen molar-refractivity contribution in [3.05, 3.63) is 46.1 Å². The Bertz CT molecular complexity index is 1590. The molecule has 3 aliphatic carbocycles. The Kier molecular flexibility index (Phi) is 8.02. The summed E-state index contributed by atoms with van der Waals surface area (Å²) in [6, 6.07) is 5.66. The number of fused-ring (bicyclic) bond motifs is 1. The molecule has 1 N–H and O–H groups in total. The van der Waals surface area contributed by atoms with Gasteiger partial charge in [0.25, 0.3) is 0 Å². The number of hydrogen-bond acceptors (Lipinski definition) is 7. The van der Waals surface area contributed by atoms with E-state index in [4.69, 9.17) is 20.9 Å². The van der Waals surface area contributed by atoms with E-state index < -0.39 is 15.4 Å². The van der Waals surface area contributed by atoms with Crippen LogP contribution in [-0.4, -0.2) is 36.2 Å². The SMILES string of the molecule is CCC(CC(=O)C1(c2cc3c(NS(=O)(=O)C4CC4)noc3cc2C)CC1)c1cnc(OCC2CCC(C)CC2)c(Cl)c1. The number of benzene rings is 1. The van der Waals surface area contributed by atoms with Crippen LogP contribution in [0.15, 0.2) is 28.9 Å². The molecule has 1 unspecified atom stereocenters. The van der Waals surface area contributed by atoms with Gasteiger partial charge in [0, 0.05) is 12.6 Å². The van der Waals surface area contributed by atoms with E-state index in [1.807, 2.05) is 25.1 Å². The summed E-state index contributed by atoms with van der Waals surface area (Å²) in [5, 5.41) is 4.69. The lowest BCUT2D eigenvalue weighted by Crippen LogP contribution is -2.24. The van der Waals surface area contributed by atoms with Gasteiger partial charge in [-0.05, 0) is 105 Å². The van der Waals surface area contributed by atoms with E-state index in [9.17, 15) is 13.2 Å². The molecule has 0 radical (unpaired) electrons. The molecule has 2 heterocycles. The fourth-order valence-electron chi connectivity index (χ4n) is 6.47. The molecule has 226 valence electrons. The maximum Gasteiger partial charge on any atom is 0.236 e. The summed E-state index contributed by atoms with van der Waals surface area (Å²) in [5.41, 5.74) is 2.71. The summed E-state index contributed by atoms with van der Waals surface area (Å²) >= 11 is 6.62. The third-order valence-electron chi connectivity index (χ3n) is 9.63. The minimum absolute atomic E-state index is 0.0191. The third kappa shape index (κ3) is 5.91. The number of carbonyl (C=O) groups excluding carboxylic acids is 1. The first-order valence-corrected chi connectivity index (χ1v) is 17.3. The van der Waals surface area contributed by atoms with Gasteiger partial charge in [-0.2, -0.15) is 0 Å². The second kappa shape index (κ2) is 11.5. The van der Waals surface area contributed by atoms with Gasteiger partial charge in [-0.15, -0.1) is 0 Å². The lowest BCUT2D eigenvalue weighted by atomic mass is 9.81. The molecule has 0 bridgehead atoms. The number of carbonyl (C=O) groups is 1. The number of nitrogens with one attached hydrogen (secondary N) is 1. The van der Waals surface area contributed by atoms with Crippen molar-refractivity contribution in [3.63, 3.8) is 0 Å². The molecule has 3 aliphatic rings. The highest BCUT2D eigenvalue weighted by Gasteiger charge is 2.52. The summed E-state index contributed by atoms with van der Waals surface area (Å²) in [5.74, 6) is 2.15. The lowest BCUT2D eigenvalue weighted by Gasteiger charge is -2.26. The summed E-state index contributed by atoms with van der Waals surface area (Å²) in [4.78, 5) is 18.5. The van der Waals surface area contributed by atoms with Crippen molar-refractivity contribution in [2.75, 3.05) is 11.3 Å². The molecule has 42 heavy (non-hydrogen) atoms. The molecule has 3 aromatic rings. The molecule has 3 saturated carbocycles. The highest BCUT2D eigenvalue weighted by molar-refractivity contribution is 7.93. The van der Waals surface area contributed by atoms with Crippen molar-refractivity contribution < 1.29 is 22.5 Å². The largest absolute Gasteiger partial charge is 0.476 e. The molecule has 10 heteroatoms. The Hall–Kier alpha value is -2.65. The van der Waals surface area contributed by atoms with Crippen molar-refractivity contribution in [3.8, 4) is 5.88 Å². The van der Waals surface area contributed by atoms with Crippen LogP contribution in [-0.2, 0) is 20.2 Å². The van der Waals surface area contributed by atoms with Crippen LogP contribution in [0.2, 0.25) is 5.02 Å². The van der Waals surface area contributed by atoms with E-state index in [1.165, 1.54) is 25.7 Å². The second-order valence-electron chi connectivity index (χ2n) is 12.8. The van der Waals surface area contributed by atoms with E-state index in [0.717, 1.165) is 41.9 Å². The molecule has 0 spiro atoms. The number of nitrogens with zero attached hydrogens (tertiary/aromatic N) is 2. The van der Waals surface area contributed by atoms with Gasteiger partial charge >= 0.3 is 0 Å². The smallest absolute Gasteiger partial charge is 0.236 e. The zero-order chi connectivity index (χ0) is 29.6. The van der Waals surface area contributed by atoms with Crippen LogP contribution in [0.1, 0.15) is 101 Å². The average Bonchev–Trinajstić information content (AvgIpc) is 3.89. The number of anilines is 1. The van der Waals surface area contributed by atoms with Crippen LogP contribution >= 0.6 is 11.6 Å². The van der Waals surface area contributed by atoms with E-state index >= 15 is 0 Å². The van der Waals surface area contributed by atoms with Gasteiger partial charge in [-0.3, -0.25) is 9.52 Å². The first-order chi connectivity index (χ1) is 20.1. The van der Waals surface area contributed by atoms with E-state index in [-0.39, 0.29) is 22.8 Å².